The lowest BCUT2D eigenvalue weighted by atomic mass is 9.76. The fourth-order valence-corrected chi connectivity index (χ4v) is 2.23. The van der Waals surface area contributed by atoms with Crippen molar-refractivity contribution in [2.75, 3.05) is 13.2 Å². The molecule has 0 spiro atoms. The Morgan fingerprint density at radius 2 is 2.27 bits per heavy atom. The molecule has 2 atom stereocenters. The molecule has 1 aliphatic carbocycles. The highest BCUT2D eigenvalue weighted by atomic mass is 16.5. The number of carboxylic acid groups (broad SMARTS) is 1. The molecule has 0 heterocycles. The van der Waals surface area contributed by atoms with Crippen molar-refractivity contribution in [3.8, 4) is 0 Å². The van der Waals surface area contributed by atoms with Crippen LogP contribution in [0.5, 0.6) is 0 Å². The van der Waals surface area contributed by atoms with Gasteiger partial charge in [0.2, 0.25) is 0 Å². The molecule has 0 amide bonds. The van der Waals surface area contributed by atoms with Crippen LogP contribution in [0.1, 0.15) is 39.0 Å². The molecule has 88 valence electrons. The van der Waals surface area contributed by atoms with Gasteiger partial charge in [0.15, 0.2) is 5.60 Å². The molecule has 1 saturated carbocycles. The Morgan fingerprint density at radius 3 is 2.80 bits per heavy atom. The van der Waals surface area contributed by atoms with Crippen molar-refractivity contribution in [1.29, 1.82) is 0 Å². The molecule has 0 saturated heterocycles. The number of hydrogen-bond donors (Lipinski definition) is 2. The van der Waals surface area contributed by atoms with Crippen LogP contribution in [0.4, 0.5) is 0 Å². The highest BCUT2D eigenvalue weighted by molar-refractivity contribution is 5.78. The van der Waals surface area contributed by atoms with E-state index in [0.29, 0.717) is 19.4 Å². The number of carboxylic acids is 1. The number of aliphatic hydroxyl groups excluding tert-OH is 1. The van der Waals surface area contributed by atoms with E-state index in [1.165, 1.54) is 0 Å². The Bertz CT molecular complexity index is 217. The summed E-state index contributed by atoms with van der Waals surface area (Å²) in [7, 11) is 0. The molecule has 0 aromatic carbocycles. The van der Waals surface area contributed by atoms with Crippen LogP contribution in [-0.4, -0.2) is 35.0 Å². The second-order valence-corrected chi connectivity index (χ2v) is 4.27. The van der Waals surface area contributed by atoms with E-state index < -0.39 is 11.6 Å². The van der Waals surface area contributed by atoms with E-state index in [0.717, 1.165) is 19.3 Å². The largest absolute Gasteiger partial charge is 0.479 e. The molecule has 0 aliphatic heterocycles. The van der Waals surface area contributed by atoms with Gasteiger partial charge in [0, 0.05) is 6.61 Å². The number of rotatable bonds is 5. The molecule has 1 aliphatic rings. The maximum atomic E-state index is 11.3. The van der Waals surface area contributed by atoms with Gasteiger partial charge in [0.1, 0.15) is 0 Å². The molecule has 4 nitrogen and oxygen atoms in total. The highest BCUT2D eigenvalue weighted by Gasteiger charge is 2.46. The SMILES string of the molecule is CC1CCCCC1(OCCCO)C(=O)O. The molecular weight excluding hydrogens is 196 g/mol. The minimum Gasteiger partial charge on any atom is -0.479 e. The summed E-state index contributed by atoms with van der Waals surface area (Å²) in [5.74, 6) is -0.796. The number of aliphatic carboxylic acids is 1. The van der Waals surface area contributed by atoms with Crippen LogP contribution >= 0.6 is 0 Å². The first kappa shape index (κ1) is 12.5. The molecule has 0 radical (unpaired) electrons. The van der Waals surface area contributed by atoms with Crippen molar-refractivity contribution in [1.82, 2.24) is 0 Å². The van der Waals surface area contributed by atoms with Crippen LogP contribution in [-0.2, 0) is 9.53 Å². The summed E-state index contributed by atoms with van der Waals surface area (Å²) in [6.45, 7) is 2.31. The summed E-state index contributed by atoms with van der Waals surface area (Å²) < 4.78 is 5.53. The van der Waals surface area contributed by atoms with Crippen LogP contribution in [0.2, 0.25) is 0 Å². The third kappa shape index (κ3) is 2.69. The van der Waals surface area contributed by atoms with Crippen LogP contribution in [0.3, 0.4) is 0 Å². The molecule has 2 N–H and O–H groups in total. The Morgan fingerprint density at radius 1 is 1.53 bits per heavy atom. The van der Waals surface area contributed by atoms with Crippen molar-refractivity contribution < 1.29 is 19.7 Å². The van der Waals surface area contributed by atoms with Gasteiger partial charge in [0.25, 0.3) is 0 Å². The zero-order valence-corrected chi connectivity index (χ0v) is 9.24. The third-order valence-corrected chi connectivity index (χ3v) is 3.26. The molecular formula is C11H20O4. The first-order valence-corrected chi connectivity index (χ1v) is 5.61. The highest BCUT2D eigenvalue weighted by Crippen LogP contribution is 2.37. The summed E-state index contributed by atoms with van der Waals surface area (Å²) in [6.07, 6.45) is 4.00. The zero-order chi connectivity index (χ0) is 11.3. The van der Waals surface area contributed by atoms with Crippen molar-refractivity contribution >= 4 is 5.97 Å². The predicted octanol–water partition coefficient (Wildman–Crippen LogP) is 1.42. The first-order valence-electron chi connectivity index (χ1n) is 5.61. The quantitative estimate of drug-likeness (QED) is 0.682. The average Bonchev–Trinajstić information content (AvgIpc) is 2.21. The Hall–Kier alpha value is -0.610. The van der Waals surface area contributed by atoms with Crippen molar-refractivity contribution in [2.45, 2.75) is 44.6 Å². The summed E-state index contributed by atoms with van der Waals surface area (Å²) in [5, 5.41) is 17.9. The lowest BCUT2D eigenvalue weighted by Crippen LogP contribution is -2.49. The van der Waals surface area contributed by atoms with Crippen molar-refractivity contribution in [3.63, 3.8) is 0 Å². The van der Waals surface area contributed by atoms with E-state index in [2.05, 4.69) is 0 Å². The van der Waals surface area contributed by atoms with Gasteiger partial charge in [-0.2, -0.15) is 0 Å². The Labute approximate surface area is 90.2 Å². The first-order chi connectivity index (χ1) is 7.13. The van der Waals surface area contributed by atoms with Crippen LogP contribution in [0.15, 0.2) is 0 Å². The van der Waals surface area contributed by atoms with Gasteiger partial charge >= 0.3 is 5.97 Å². The van der Waals surface area contributed by atoms with E-state index in [1.54, 1.807) is 0 Å². The maximum Gasteiger partial charge on any atom is 0.336 e. The molecule has 0 aromatic heterocycles. The van der Waals surface area contributed by atoms with Crippen molar-refractivity contribution in [2.24, 2.45) is 5.92 Å². The number of ether oxygens (including phenoxy) is 1. The van der Waals surface area contributed by atoms with E-state index in [1.807, 2.05) is 6.92 Å². The number of hydrogen-bond acceptors (Lipinski definition) is 3. The van der Waals surface area contributed by atoms with Gasteiger partial charge in [-0.15, -0.1) is 0 Å². The van der Waals surface area contributed by atoms with Gasteiger partial charge in [-0.1, -0.05) is 13.3 Å². The van der Waals surface area contributed by atoms with Crippen molar-refractivity contribution in [3.05, 3.63) is 0 Å². The second kappa shape index (κ2) is 5.47. The Balaban J connectivity index is 2.63. The Kier molecular flexibility index (Phi) is 4.54. The molecule has 15 heavy (non-hydrogen) atoms. The number of carbonyl (C=O) groups is 1. The summed E-state index contributed by atoms with van der Waals surface area (Å²) in [4.78, 5) is 11.3. The lowest BCUT2D eigenvalue weighted by Gasteiger charge is -2.38. The fraction of sp³-hybridized carbons (Fsp3) is 0.909. The van der Waals surface area contributed by atoms with Gasteiger partial charge in [-0.05, 0) is 31.6 Å². The van der Waals surface area contributed by atoms with E-state index in [4.69, 9.17) is 9.84 Å². The third-order valence-electron chi connectivity index (χ3n) is 3.26. The lowest BCUT2D eigenvalue weighted by molar-refractivity contribution is -0.179. The van der Waals surface area contributed by atoms with E-state index in [-0.39, 0.29) is 12.5 Å². The van der Waals surface area contributed by atoms with Gasteiger partial charge in [-0.25, -0.2) is 4.79 Å². The average molecular weight is 216 g/mol. The molecule has 4 heteroatoms. The predicted molar refractivity (Wildman–Crippen MR) is 55.7 cm³/mol. The minimum atomic E-state index is -1.01. The number of aliphatic hydroxyl groups is 1. The summed E-state index contributed by atoms with van der Waals surface area (Å²) in [5.41, 5.74) is -1.01. The van der Waals surface area contributed by atoms with Crippen LogP contribution in [0, 0.1) is 5.92 Å². The molecule has 0 aromatic rings. The zero-order valence-electron chi connectivity index (χ0n) is 9.24. The molecule has 2 unspecified atom stereocenters. The van der Waals surface area contributed by atoms with E-state index >= 15 is 0 Å². The maximum absolute atomic E-state index is 11.3. The minimum absolute atomic E-state index is 0.0457. The standard InChI is InChI=1S/C11H20O4/c1-9-5-2-3-6-11(9,10(13)14)15-8-4-7-12/h9,12H,2-8H2,1H3,(H,13,14). The molecule has 1 fully saturated rings. The van der Waals surface area contributed by atoms with Crippen LogP contribution in [0.25, 0.3) is 0 Å². The second-order valence-electron chi connectivity index (χ2n) is 4.27. The smallest absolute Gasteiger partial charge is 0.336 e. The monoisotopic (exact) mass is 216 g/mol. The van der Waals surface area contributed by atoms with Gasteiger partial charge in [0.05, 0.1) is 6.61 Å². The summed E-state index contributed by atoms with van der Waals surface area (Å²) in [6, 6.07) is 0. The van der Waals surface area contributed by atoms with Crippen LogP contribution < -0.4 is 0 Å². The normalized spacial score (nSPS) is 31.5. The molecule has 0 bridgehead atoms. The van der Waals surface area contributed by atoms with E-state index in [9.17, 15) is 9.90 Å². The summed E-state index contributed by atoms with van der Waals surface area (Å²) >= 11 is 0. The van der Waals surface area contributed by atoms with Gasteiger partial charge in [-0.3, -0.25) is 0 Å². The fourth-order valence-electron chi connectivity index (χ4n) is 2.23. The van der Waals surface area contributed by atoms with Gasteiger partial charge < -0.3 is 14.9 Å². The molecule has 1 rings (SSSR count). The topological polar surface area (TPSA) is 66.8 Å².